The number of amides is 1. The molecule has 0 bridgehead atoms. The number of hydrogen-bond acceptors (Lipinski definition) is 5. The Morgan fingerprint density at radius 1 is 1.19 bits per heavy atom. The summed E-state index contributed by atoms with van der Waals surface area (Å²) in [7, 11) is -2.11. The molecule has 0 aliphatic carbocycles. The molecule has 1 aromatic heterocycles. The second-order valence-electron chi connectivity index (χ2n) is 6.24. The van der Waals surface area contributed by atoms with Gasteiger partial charge >= 0.3 is 0 Å². The Balaban J connectivity index is 1.72. The number of carbonyl (C=O) groups is 1. The monoisotopic (exact) mass is 371 g/mol. The number of aromatic nitrogens is 1. The molecular formula is C18H17N3O4S. The second-order valence-corrected chi connectivity index (χ2v) is 7.92. The quantitative estimate of drug-likeness (QED) is 0.764. The molecule has 0 saturated heterocycles. The lowest BCUT2D eigenvalue weighted by Crippen LogP contribution is -2.31. The molecule has 26 heavy (non-hydrogen) atoms. The number of rotatable bonds is 3. The van der Waals surface area contributed by atoms with Gasteiger partial charge in [-0.3, -0.25) is 9.52 Å². The maximum absolute atomic E-state index is 12.8. The Morgan fingerprint density at radius 2 is 2.00 bits per heavy atom. The summed E-state index contributed by atoms with van der Waals surface area (Å²) >= 11 is 0. The maximum Gasteiger partial charge on any atom is 0.262 e. The summed E-state index contributed by atoms with van der Waals surface area (Å²) in [5.41, 5.74) is 2.91. The Hall–Kier alpha value is -2.87. The van der Waals surface area contributed by atoms with Crippen LogP contribution in [-0.2, 0) is 21.2 Å². The Bertz CT molecular complexity index is 1130. The van der Waals surface area contributed by atoms with Gasteiger partial charge in [0.2, 0.25) is 5.91 Å². The fourth-order valence-electron chi connectivity index (χ4n) is 3.14. The molecule has 0 fully saturated rings. The van der Waals surface area contributed by atoms with Crippen molar-refractivity contribution in [3.8, 4) is 0 Å². The number of nitrogens with one attached hydrogen (secondary N) is 1. The standard InChI is InChI=1S/C18H17N3O4S/c1-11-19-14-4-3-5-15(18(14)25-11)20-26(23,24)13-7-8-16-12(10-13)6-9-17(22)21(16)2/h3-5,7-8,10,20H,6,9H2,1-2H3. The van der Waals surface area contributed by atoms with E-state index < -0.39 is 10.0 Å². The molecule has 1 aliphatic heterocycles. The first-order chi connectivity index (χ1) is 12.3. The number of hydrogen-bond donors (Lipinski definition) is 1. The van der Waals surface area contributed by atoms with Crippen LogP contribution >= 0.6 is 0 Å². The van der Waals surface area contributed by atoms with Crippen molar-refractivity contribution >= 4 is 38.4 Å². The van der Waals surface area contributed by atoms with Crippen molar-refractivity contribution in [3.63, 3.8) is 0 Å². The third kappa shape index (κ3) is 2.72. The Kier molecular flexibility index (Phi) is 3.73. The van der Waals surface area contributed by atoms with Crippen LogP contribution in [0.3, 0.4) is 0 Å². The van der Waals surface area contributed by atoms with Crippen LogP contribution in [-0.4, -0.2) is 26.4 Å². The molecule has 8 heteroatoms. The molecule has 0 radical (unpaired) electrons. The van der Waals surface area contributed by atoms with E-state index >= 15 is 0 Å². The number of para-hydroxylation sites is 1. The van der Waals surface area contributed by atoms with E-state index in [4.69, 9.17) is 4.42 Å². The van der Waals surface area contributed by atoms with Gasteiger partial charge in [-0.05, 0) is 42.3 Å². The summed E-state index contributed by atoms with van der Waals surface area (Å²) in [6.45, 7) is 1.71. The zero-order valence-corrected chi connectivity index (χ0v) is 15.1. The van der Waals surface area contributed by atoms with Crippen molar-refractivity contribution in [2.45, 2.75) is 24.7 Å². The van der Waals surface area contributed by atoms with Crippen LogP contribution in [0, 0.1) is 6.92 Å². The third-order valence-electron chi connectivity index (χ3n) is 4.47. The predicted octanol–water partition coefficient (Wildman–Crippen LogP) is 2.85. The molecule has 0 saturated carbocycles. The maximum atomic E-state index is 12.8. The number of aryl methyl sites for hydroxylation is 2. The first-order valence-electron chi connectivity index (χ1n) is 8.13. The predicted molar refractivity (Wildman–Crippen MR) is 97.7 cm³/mol. The van der Waals surface area contributed by atoms with Crippen LogP contribution in [0.5, 0.6) is 0 Å². The normalized spacial score (nSPS) is 14.5. The average Bonchev–Trinajstić information content (AvgIpc) is 2.99. The van der Waals surface area contributed by atoms with Gasteiger partial charge in [0, 0.05) is 26.1 Å². The summed E-state index contributed by atoms with van der Waals surface area (Å²) in [5, 5.41) is 0. The molecule has 3 aromatic rings. The Morgan fingerprint density at radius 3 is 2.81 bits per heavy atom. The van der Waals surface area contributed by atoms with Crippen molar-refractivity contribution in [2.75, 3.05) is 16.7 Å². The van der Waals surface area contributed by atoms with Crippen LogP contribution < -0.4 is 9.62 Å². The Labute approximate surface area is 150 Å². The lowest BCUT2D eigenvalue weighted by molar-refractivity contribution is -0.118. The minimum absolute atomic E-state index is 0.0265. The molecule has 7 nitrogen and oxygen atoms in total. The molecule has 1 N–H and O–H groups in total. The number of anilines is 2. The van der Waals surface area contributed by atoms with E-state index in [0.29, 0.717) is 35.5 Å². The fourth-order valence-corrected chi connectivity index (χ4v) is 4.26. The highest BCUT2D eigenvalue weighted by molar-refractivity contribution is 7.92. The van der Waals surface area contributed by atoms with Crippen LogP contribution in [0.15, 0.2) is 45.7 Å². The molecule has 2 aromatic carbocycles. The summed E-state index contributed by atoms with van der Waals surface area (Å²) in [5.74, 6) is 0.492. The topological polar surface area (TPSA) is 92.5 Å². The number of fused-ring (bicyclic) bond motifs is 2. The molecule has 4 rings (SSSR count). The van der Waals surface area contributed by atoms with Crippen LogP contribution in [0.4, 0.5) is 11.4 Å². The van der Waals surface area contributed by atoms with Crippen molar-refractivity contribution in [1.29, 1.82) is 0 Å². The SMILES string of the molecule is Cc1nc2cccc(NS(=O)(=O)c3ccc4c(c3)CCC(=O)N4C)c2o1. The summed E-state index contributed by atoms with van der Waals surface area (Å²) < 4.78 is 33.8. The van der Waals surface area contributed by atoms with Crippen LogP contribution in [0.1, 0.15) is 17.9 Å². The third-order valence-corrected chi connectivity index (χ3v) is 5.83. The van der Waals surface area contributed by atoms with Crippen molar-refractivity contribution in [3.05, 3.63) is 47.9 Å². The largest absolute Gasteiger partial charge is 0.439 e. The zero-order valence-electron chi connectivity index (χ0n) is 14.3. The number of carbonyl (C=O) groups excluding carboxylic acids is 1. The summed E-state index contributed by atoms with van der Waals surface area (Å²) in [6, 6.07) is 9.90. The van der Waals surface area contributed by atoms with Crippen molar-refractivity contribution in [1.82, 2.24) is 4.98 Å². The average molecular weight is 371 g/mol. The summed E-state index contributed by atoms with van der Waals surface area (Å²) in [4.78, 5) is 17.7. The van der Waals surface area contributed by atoms with Crippen molar-refractivity contribution in [2.24, 2.45) is 0 Å². The van der Waals surface area contributed by atoms with Gasteiger partial charge in [0.15, 0.2) is 11.5 Å². The van der Waals surface area contributed by atoms with Gasteiger partial charge in [-0.25, -0.2) is 13.4 Å². The van der Waals surface area contributed by atoms with Crippen LogP contribution in [0.2, 0.25) is 0 Å². The van der Waals surface area contributed by atoms with E-state index in [2.05, 4.69) is 9.71 Å². The molecule has 2 heterocycles. The van der Waals surface area contributed by atoms with Gasteiger partial charge in [0.25, 0.3) is 10.0 Å². The number of sulfonamides is 1. The molecule has 1 amide bonds. The molecule has 0 unspecified atom stereocenters. The number of benzene rings is 2. The van der Waals surface area contributed by atoms with E-state index in [0.717, 1.165) is 11.3 Å². The second kappa shape index (κ2) is 5.84. The molecule has 0 spiro atoms. The van der Waals surface area contributed by atoms with E-state index in [-0.39, 0.29) is 10.8 Å². The molecule has 1 aliphatic rings. The first kappa shape index (κ1) is 16.6. The van der Waals surface area contributed by atoms with Gasteiger partial charge in [-0.15, -0.1) is 0 Å². The van der Waals surface area contributed by atoms with Gasteiger partial charge in [0.1, 0.15) is 5.52 Å². The van der Waals surface area contributed by atoms with Gasteiger partial charge in [0.05, 0.1) is 10.6 Å². The van der Waals surface area contributed by atoms with E-state index in [9.17, 15) is 13.2 Å². The minimum atomic E-state index is -3.80. The lowest BCUT2D eigenvalue weighted by Gasteiger charge is -2.26. The highest BCUT2D eigenvalue weighted by Crippen LogP contribution is 2.31. The van der Waals surface area contributed by atoms with E-state index in [1.165, 1.54) is 6.07 Å². The first-order valence-corrected chi connectivity index (χ1v) is 9.62. The number of oxazole rings is 1. The molecular weight excluding hydrogens is 354 g/mol. The van der Waals surface area contributed by atoms with Crippen molar-refractivity contribution < 1.29 is 17.6 Å². The van der Waals surface area contributed by atoms with Crippen LogP contribution in [0.25, 0.3) is 11.1 Å². The van der Waals surface area contributed by atoms with E-state index in [1.807, 2.05) is 0 Å². The lowest BCUT2D eigenvalue weighted by atomic mass is 10.0. The molecule has 134 valence electrons. The van der Waals surface area contributed by atoms with Gasteiger partial charge in [-0.2, -0.15) is 0 Å². The molecule has 0 atom stereocenters. The number of nitrogens with zero attached hydrogens (tertiary/aromatic N) is 2. The highest BCUT2D eigenvalue weighted by Gasteiger charge is 2.24. The van der Waals surface area contributed by atoms with Gasteiger partial charge < -0.3 is 9.32 Å². The smallest absolute Gasteiger partial charge is 0.262 e. The fraction of sp³-hybridized carbons (Fsp3) is 0.222. The van der Waals surface area contributed by atoms with Gasteiger partial charge in [-0.1, -0.05) is 6.07 Å². The van der Waals surface area contributed by atoms with E-state index in [1.54, 1.807) is 49.2 Å². The zero-order chi connectivity index (χ0) is 18.5. The summed E-state index contributed by atoms with van der Waals surface area (Å²) in [6.07, 6.45) is 0.899. The highest BCUT2D eigenvalue weighted by atomic mass is 32.2. The minimum Gasteiger partial charge on any atom is -0.439 e.